The zero-order chi connectivity index (χ0) is 12.3. The van der Waals surface area contributed by atoms with E-state index in [-0.39, 0.29) is 12.4 Å². The van der Waals surface area contributed by atoms with E-state index in [9.17, 15) is 9.59 Å². The zero-order valence-electron chi connectivity index (χ0n) is 9.10. The summed E-state index contributed by atoms with van der Waals surface area (Å²) in [4.78, 5) is 28.2. The molecule has 0 aliphatic carbocycles. The lowest BCUT2D eigenvalue weighted by molar-refractivity contribution is -0.139. The van der Waals surface area contributed by atoms with Gasteiger partial charge in [-0.3, -0.25) is 9.78 Å². The van der Waals surface area contributed by atoms with Crippen molar-refractivity contribution in [3.8, 4) is 0 Å². The first kappa shape index (κ1) is 11.1. The number of rotatable bonds is 3. The first-order valence-corrected chi connectivity index (χ1v) is 4.91. The summed E-state index contributed by atoms with van der Waals surface area (Å²) in [6.45, 7) is 0. The van der Waals surface area contributed by atoms with Crippen molar-refractivity contribution in [1.82, 2.24) is 9.97 Å². The van der Waals surface area contributed by atoms with E-state index in [2.05, 4.69) is 14.7 Å². The summed E-state index contributed by atoms with van der Waals surface area (Å²) in [5.74, 6) is -0.855. The van der Waals surface area contributed by atoms with Gasteiger partial charge in [0.05, 0.1) is 13.5 Å². The van der Waals surface area contributed by atoms with Crippen LogP contribution in [0.1, 0.15) is 12.0 Å². The Kier molecular flexibility index (Phi) is 3.04. The Balaban J connectivity index is 2.19. The number of carbonyl (C=O) groups is 1. The van der Waals surface area contributed by atoms with E-state index in [1.165, 1.54) is 7.11 Å². The van der Waals surface area contributed by atoms with Gasteiger partial charge in [0, 0.05) is 6.20 Å². The summed E-state index contributed by atoms with van der Waals surface area (Å²) in [5, 5.41) is 0. The summed E-state index contributed by atoms with van der Waals surface area (Å²) in [5.41, 5.74) is 1.53. The molecular formula is C11H10N2O4. The fraction of sp³-hybridized carbons (Fsp3) is 0.182. The normalized spacial score (nSPS) is 11.1. The Morgan fingerprint density at radius 3 is 3.24 bits per heavy atom. The standard InChI is InChI=1S/C11H10N2O4/c1-16-9(14)4-2-3-7-5-8-10(12-6-7)13-11(15)17-8/h2-3,5-6H,4H2,1H3,(H,12,13,15). The zero-order valence-corrected chi connectivity index (χ0v) is 9.10. The molecule has 2 aromatic rings. The van der Waals surface area contributed by atoms with Gasteiger partial charge >= 0.3 is 11.7 Å². The smallest absolute Gasteiger partial charge is 0.418 e. The van der Waals surface area contributed by atoms with Crippen LogP contribution in [0.15, 0.2) is 27.6 Å². The van der Waals surface area contributed by atoms with Crippen molar-refractivity contribution in [3.05, 3.63) is 34.5 Å². The number of aromatic nitrogens is 2. The molecule has 0 saturated carbocycles. The summed E-state index contributed by atoms with van der Waals surface area (Å²) in [7, 11) is 1.33. The SMILES string of the molecule is COC(=O)CC=Cc1cnc2[nH]c(=O)oc2c1. The van der Waals surface area contributed by atoms with Crippen LogP contribution in [0.3, 0.4) is 0 Å². The number of carbonyl (C=O) groups excluding carboxylic acids is 1. The summed E-state index contributed by atoms with van der Waals surface area (Å²) < 4.78 is 9.35. The molecule has 0 radical (unpaired) electrons. The van der Waals surface area contributed by atoms with Gasteiger partial charge in [0.1, 0.15) is 0 Å². The van der Waals surface area contributed by atoms with Gasteiger partial charge in [-0.05, 0) is 11.6 Å². The number of aromatic amines is 1. The van der Waals surface area contributed by atoms with E-state index in [0.717, 1.165) is 5.56 Å². The van der Waals surface area contributed by atoms with Crippen LogP contribution in [-0.4, -0.2) is 23.0 Å². The molecule has 0 fully saturated rings. The summed E-state index contributed by atoms with van der Waals surface area (Å²) in [6.07, 6.45) is 5.11. The van der Waals surface area contributed by atoms with Crippen LogP contribution in [0.25, 0.3) is 17.3 Å². The molecular weight excluding hydrogens is 224 g/mol. The van der Waals surface area contributed by atoms with Crippen molar-refractivity contribution < 1.29 is 13.9 Å². The third-order valence-electron chi connectivity index (χ3n) is 2.12. The van der Waals surface area contributed by atoms with Crippen LogP contribution >= 0.6 is 0 Å². The minimum absolute atomic E-state index is 0.186. The number of nitrogens with zero attached hydrogens (tertiary/aromatic N) is 1. The number of pyridine rings is 1. The lowest BCUT2D eigenvalue weighted by Gasteiger charge is -1.93. The van der Waals surface area contributed by atoms with Gasteiger partial charge in [-0.25, -0.2) is 9.78 Å². The maximum absolute atomic E-state index is 10.9. The molecule has 88 valence electrons. The molecule has 0 aliphatic heterocycles. The van der Waals surface area contributed by atoms with Crippen molar-refractivity contribution in [1.29, 1.82) is 0 Å². The van der Waals surface area contributed by atoms with Crippen molar-refractivity contribution in [2.75, 3.05) is 7.11 Å². The first-order chi connectivity index (χ1) is 8.19. The van der Waals surface area contributed by atoms with Crippen LogP contribution < -0.4 is 5.76 Å². The molecule has 2 rings (SSSR count). The highest BCUT2D eigenvalue weighted by molar-refractivity contribution is 5.74. The maximum atomic E-state index is 10.9. The molecule has 17 heavy (non-hydrogen) atoms. The number of fused-ring (bicyclic) bond motifs is 1. The van der Waals surface area contributed by atoms with Crippen molar-refractivity contribution >= 4 is 23.3 Å². The van der Waals surface area contributed by atoms with Gasteiger partial charge in [0.15, 0.2) is 11.2 Å². The van der Waals surface area contributed by atoms with E-state index in [1.54, 1.807) is 24.4 Å². The van der Waals surface area contributed by atoms with Gasteiger partial charge in [-0.15, -0.1) is 0 Å². The quantitative estimate of drug-likeness (QED) is 0.803. The van der Waals surface area contributed by atoms with Gasteiger partial charge in [0.2, 0.25) is 0 Å². The number of hydrogen-bond acceptors (Lipinski definition) is 5. The van der Waals surface area contributed by atoms with Crippen LogP contribution in [0.5, 0.6) is 0 Å². The average molecular weight is 234 g/mol. The van der Waals surface area contributed by atoms with E-state index in [1.807, 2.05) is 0 Å². The average Bonchev–Trinajstić information content (AvgIpc) is 2.68. The number of H-pyrrole nitrogens is 1. The van der Waals surface area contributed by atoms with Crippen LogP contribution in [0.2, 0.25) is 0 Å². The topological polar surface area (TPSA) is 85.2 Å². The highest BCUT2D eigenvalue weighted by Gasteiger charge is 2.02. The van der Waals surface area contributed by atoms with Crippen LogP contribution in [0.4, 0.5) is 0 Å². The number of ether oxygens (including phenoxy) is 1. The summed E-state index contributed by atoms with van der Waals surface area (Å²) >= 11 is 0. The lowest BCUT2D eigenvalue weighted by Crippen LogP contribution is -1.96. The number of methoxy groups -OCH3 is 1. The molecule has 2 heterocycles. The van der Waals surface area contributed by atoms with Crippen molar-refractivity contribution in [3.63, 3.8) is 0 Å². The number of esters is 1. The molecule has 6 nitrogen and oxygen atoms in total. The molecule has 6 heteroatoms. The predicted molar refractivity (Wildman–Crippen MR) is 60.3 cm³/mol. The Hall–Kier alpha value is -2.37. The van der Waals surface area contributed by atoms with E-state index >= 15 is 0 Å². The van der Waals surface area contributed by atoms with Crippen molar-refractivity contribution in [2.24, 2.45) is 0 Å². The second-order valence-corrected chi connectivity index (χ2v) is 3.31. The van der Waals surface area contributed by atoms with Gasteiger partial charge < -0.3 is 9.15 Å². The number of hydrogen-bond donors (Lipinski definition) is 1. The molecule has 0 aliphatic rings. The Labute approximate surface area is 95.9 Å². The molecule has 0 saturated heterocycles. The number of oxazole rings is 1. The lowest BCUT2D eigenvalue weighted by atomic mass is 10.2. The minimum Gasteiger partial charge on any atom is -0.469 e. The second-order valence-electron chi connectivity index (χ2n) is 3.31. The predicted octanol–water partition coefficient (Wildman–Crippen LogP) is 1.09. The minimum atomic E-state index is -0.539. The molecule has 0 spiro atoms. The van der Waals surface area contributed by atoms with Crippen LogP contribution in [-0.2, 0) is 9.53 Å². The second kappa shape index (κ2) is 4.65. The molecule has 2 aromatic heterocycles. The fourth-order valence-corrected chi connectivity index (χ4v) is 1.32. The fourth-order valence-electron chi connectivity index (χ4n) is 1.32. The highest BCUT2D eigenvalue weighted by atomic mass is 16.5. The third-order valence-corrected chi connectivity index (χ3v) is 2.12. The maximum Gasteiger partial charge on any atom is 0.418 e. The Morgan fingerprint density at radius 2 is 2.47 bits per heavy atom. The first-order valence-electron chi connectivity index (χ1n) is 4.91. The van der Waals surface area contributed by atoms with E-state index in [0.29, 0.717) is 11.2 Å². The monoisotopic (exact) mass is 234 g/mol. The van der Waals surface area contributed by atoms with Gasteiger partial charge in [-0.1, -0.05) is 12.2 Å². The Bertz CT molecular complexity index is 624. The third kappa shape index (κ3) is 2.60. The van der Waals surface area contributed by atoms with E-state index < -0.39 is 5.76 Å². The molecule has 1 N–H and O–H groups in total. The molecule has 0 atom stereocenters. The Morgan fingerprint density at radius 1 is 1.65 bits per heavy atom. The van der Waals surface area contributed by atoms with Crippen LogP contribution in [0, 0.1) is 0 Å². The van der Waals surface area contributed by atoms with E-state index in [4.69, 9.17) is 4.42 Å². The molecule has 0 aromatic carbocycles. The summed E-state index contributed by atoms with van der Waals surface area (Å²) in [6, 6.07) is 1.66. The number of nitrogens with one attached hydrogen (secondary N) is 1. The molecule has 0 bridgehead atoms. The van der Waals surface area contributed by atoms with Crippen molar-refractivity contribution in [2.45, 2.75) is 6.42 Å². The highest BCUT2D eigenvalue weighted by Crippen LogP contribution is 2.10. The molecule has 0 unspecified atom stereocenters. The van der Waals surface area contributed by atoms with Gasteiger partial charge in [-0.2, -0.15) is 0 Å². The molecule has 0 amide bonds. The van der Waals surface area contributed by atoms with Gasteiger partial charge in [0.25, 0.3) is 0 Å². The largest absolute Gasteiger partial charge is 0.469 e.